The molecule has 138 valence electrons. The van der Waals surface area contributed by atoms with Crippen LogP contribution in [-0.4, -0.2) is 72.4 Å². The Bertz CT molecular complexity index is 720. The highest BCUT2D eigenvalue weighted by molar-refractivity contribution is 5.88. The summed E-state index contributed by atoms with van der Waals surface area (Å²) in [6.45, 7) is 4.39. The van der Waals surface area contributed by atoms with Gasteiger partial charge in [0.25, 0.3) is 0 Å². The molecule has 1 amide bonds. The fraction of sp³-hybridized carbons (Fsp3) is 0.389. The Hall–Kier alpha value is -2.87. The maximum atomic E-state index is 11.7. The highest BCUT2D eigenvalue weighted by Gasteiger charge is 2.22. The van der Waals surface area contributed by atoms with E-state index >= 15 is 0 Å². The third-order valence-corrected chi connectivity index (χ3v) is 4.45. The maximum absolute atomic E-state index is 11.7. The van der Waals surface area contributed by atoms with Crippen LogP contribution in [0.5, 0.6) is 5.75 Å². The zero-order chi connectivity index (χ0) is 18.4. The second-order valence-corrected chi connectivity index (χ2v) is 5.98. The summed E-state index contributed by atoms with van der Waals surface area (Å²) in [5.74, 6) is 1.30. The van der Waals surface area contributed by atoms with Crippen molar-refractivity contribution in [3.63, 3.8) is 0 Å². The van der Waals surface area contributed by atoms with Gasteiger partial charge in [0.15, 0.2) is 0 Å². The van der Waals surface area contributed by atoms with Crippen molar-refractivity contribution in [3.8, 4) is 5.75 Å². The number of nitrogens with zero attached hydrogens (tertiary/aromatic N) is 5. The van der Waals surface area contributed by atoms with E-state index in [-0.39, 0.29) is 0 Å². The molecule has 0 aliphatic carbocycles. The molecule has 26 heavy (non-hydrogen) atoms. The zero-order valence-electron chi connectivity index (χ0n) is 14.8. The minimum absolute atomic E-state index is 0.386. The third-order valence-electron chi connectivity index (χ3n) is 4.45. The Balaban J connectivity index is 1.57. The molecule has 1 saturated heterocycles. The number of piperazine rings is 1. The van der Waals surface area contributed by atoms with Crippen molar-refractivity contribution in [1.29, 1.82) is 0 Å². The van der Waals surface area contributed by atoms with E-state index in [0.29, 0.717) is 24.5 Å². The number of methoxy groups -OCH3 is 1. The van der Waals surface area contributed by atoms with E-state index in [1.807, 2.05) is 12.1 Å². The molecule has 0 unspecified atom stereocenters. The SMILES string of the molecule is COc1ccccc1N(CCN1CCN(c2ncccn2)CC1)C(=O)O. The number of hydrogen-bond donors (Lipinski definition) is 1. The van der Waals surface area contributed by atoms with Crippen LogP contribution in [0.4, 0.5) is 16.4 Å². The molecule has 1 fully saturated rings. The van der Waals surface area contributed by atoms with E-state index < -0.39 is 6.09 Å². The Morgan fingerprint density at radius 2 is 1.85 bits per heavy atom. The van der Waals surface area contributed by atoms with Crippen molar-refractivity contribution in [1.82, 2.24) is 14.9 Å². The monoisotopic (exact) mass is 357 g/mol. The van der Waals surface area contributed by atoms with Gasteiger partial charge < -0.3 is 14.7 Å². The molecule has 8 heteroatoms. The number of amides is 1. The number of carboxylic acid groups (broad SMARTS) is 1. The highest BCUT2D eigenvalue weighted by Crippen LogP contribution is 2.27. The molecule has 2 aromatic rings. The van der Waals surface area contributed by atoms with Gasteiger partial charge in [0.05, 0.1) is 12.8 Å². The lowest BCUT2D eigenvalue weighted by atomic mass is 10.2. The van der Waals surface area contributed by atoms with Gasteiger partial charge in [-0.05, 0) is 18.2 Å². The fourth-order valence-corrected chi connectivity index (χ4v) is 3.04. The Morgan fingerprint density at radius 3 is 2.50 bits per heavy atom. The predicted molar refractivity (Wildman–Crippen MR) is 99.0 cm³/mol. The van der Waals surface area contributed by atoms with Crippen LogP contribution in [0.15, 0.2) is 42.7 Å². The molecule has 2 heterocycles. The van der Waals surface area contributed by atoms with E-state index in [9.17, 15) is 9.90 Å². The van der Waals surface area contributed by atoms with Crippen molar-refractivity contribution in [2.45, 2.75) is 0 Å². The first-order valence-electron chi connectivity index (χ1n) is 8.57. The number of anilines is 2. The first kappa shape index (κ1) is 17.9. The van der Waals surface area contributed by atoms with Gasteiger partial charge in [-0.3, -0.25) is 9.80 Å². The predicted octanol–water partition coefficient (Wildman–Crippen LogP) is 1.79. The first-order valence-corrected chi connectivity index (χ1v) is 8.57. The molecule has 0 bridgehead atoms. The van der Waals surface area contributed by atoms with E-state index in [0.717, 1.165) is 32.1 Å². The van der Waals surface area contributed by atoms with Crippen molar-refractivity contribution in [2.24, 2.45) is 0 Å². The number of benzene rings is 1. The molecule has 1 aromatic carbocycles. The summed E-state index contributed by atoms with van der Waals surface area (Å²) in [6.07, 6.45) is 2.50. The number of hydrogen-bond acceptors (Lipinski definition) is 6. The van der Waals surface area contributed by atoms with Gasteiger partial charge in [0, 0.05) is 51.7 Å². The van der Waals surface area contributed by atoms with E-state index in [1.165, 1.54) is 4.90 Å². The molecule has 0 radical (unpaired) electrons. The number of ether oxygens (including phenoxy) is 1. The van der Waals surface area contributed by atoms with E-state index in [2.05, 4.69) is 19.8 Å². The molecular weight excluding hydrogens is 334 g/mol. The van der Waals surface area contributed by atoms with Crippen molar-refractivity contribution in [3.05, 3.63) is 42.7 Å². The molecule has 1 aromatic heterocycles. The number of aromatic nitrogens is 2. The van der Waals surface area contributed by atoms with Crippen LogP contribution >= 0.6 is 0 Å². The molecule has 1 aliphatic rings. The van der Waals surface area contributed by atoms with Crippen LogP contribution in [0.3, 0.4) is 0 Å². The molecule has 8 nitrogen and oxygen atoms in total. The average Bonchev–Trinajstić information content (AvgIpc) is 2.69. The zero-order valence-corrected chi connectivity index (χ0v) is 14.8. The molecule has 0 spiro atoms. The largest absolute Gasteiger partial charge is 0.495 e. The van der Waals surface area contributed by atoms with Gasteiger partial charge in [0.1, 0.15) is 5.75 Å². The van der Waals surface area contributed by atoms with Crippen molar-refractivity contribution >= 4 is 17.7 Å². The molecule has 3 rings (SSSR count). The topological polar surface area (TPSA) is 82.0 Å². The Kier molecular flexibility index (Phi) is 5.85. The smallest absolute Gasteiger partial charge is 0.411 e. The summed E-state index contributed by atoms with van der Waals surface area (Å²) in [4.78, 5) is 26.0. The summed E-state index contributed by atoms with van der Waals surface area (Å²) in [7, 11) is 1.55. The van der Waals surface area contributed by atoms with Gasteiger partial charge in [-0.2, -0.15) is 0 Å². The van der Waals surface area contributed by atoms with Crippen molar-refractivity contribution in [2.75, 3.05) is 56.2 Å². The lowest BCUT2D eigenvalue weighted by Gasteiger charge is -2.35. The average molecular weight is 357 g/mol. The molecule has 0 atom stereocenters. The normalized spacial score (nSPS) is 14.9. The Morgan fingerprint density at radius 1 is 1.15 bits per heavy atom. The summed E-state index contributed by atoms with van der Waals surface area (Å²) in [6, 6.07) is 8.97. The van der Waals surface area contributed by atoms with Gasteiger partial charge >= 0.3 is 6.09 Å². The summed E-state index contributed by atoms with van der Waals surface area (Å²) in [5.41, 5.74) is 0.568. The second-order valence-electron chi connectivity index (χ2n) is 5.98. The summed E-state index contributed by atoms with van der Waals surface area (Å²) >= 11 is 0. The molecule has 1 N–H and O–H groups in total. The lowest BCUT2D eigenvalue weighted by Crippen LogP contribution is -2.49. The number of carbonyl (C=O) groups is 1. The third kappa shape index (κ3) is 4.20. The minimum Gasteiger partial charge on any atom is -0.495 e. The minimum atomic E-state index is -0.981. The molecular formula is C18H23N5O3. The maximum Gasteiger partial charge on any atom is 0.411 e. The summed E-state index contributed by atoms with van der Waals surface area (Å²) in [5, 5.41) is 9.59. The van der Waals surface area contributed by atoms with Gasteiger partial charge in [-0.1, -0.05) is 12.1 Å². The van der Waals surface area contributed by atoms with Crippen LogP contribution in [0, 0.1) is 0 Å². The lowest BCUT2D eigenvalue weighted by molar-refractivity contribution is 0.198. The van der Waals surface area contributed by atoms with Crippen LogP contribution in [0.25, 0.3) is 0 Å². The first-order chi connectivity index (χ1) is 12.7. The standard InChI is InChI=1S/C18H23N5O3/c1-26-16-6-3-2-5-15(16)23(18(24)25)14-11-21-9-12-22(13-10-21)17-19-7-4-8-20-17/h2-8H,9-14H2,1H3,(H,24,25). The second kappa shape index (κ2) is 8.48. The van der Waals surface area contributed by atoms with E-state index in [4.69, 9.17) is 4.74 Å². The highest BCUT2D eigenvalue weighted by atomic mass is 16.5. The fourth-order valence-electron chi connectivity index (χ4n) is 3.04. The van der Waals surface area contributed by atoms with Crippen LogP contribution < -0.4 is 14.5 Å². The summed E-state index contributed by atoms with van der Waals surface area (Å²) < 4.78 is 5.29. The van der Waals surface area contributed by atoms with Crippen molar-refractivity contribution < 1.29 is 14.6 Å². The molecule has 0 saturated carbocycles. The Labute approximate surface area is 152 Å². The van der Waals surface area contributed by atoms with E-state index in [1.54, 1.807) is 37.7 Å². The van der Waals surface area contributed by atoms with Crippen LogP contribution in [-0.2, 0) is 0 Å². The van der Waals surface area contributed by atoms with Gasteiger partial charge in [0.2, 0.25) is 5.95 Å². The number of rotatable bonds is 6. The van der Waals surface area contributed by atoms with Crippen LogP contribution in [0.2, 0.25) is 0 Å². The van der Waals surface area contributed by atoms with Gasteiger partial charge in [-0.25, -0.2) is 14.8 Å². The number of para-hydroxylation sites is 2. The van der Waals surface area contributed by atoms with Crippen LogP contribution in [0.1, 0.15) is 0 Å². The quantitative estimate of drug-likeness (QED) is 0.844. The molecule has 1 aliphatic heterocycles. The van der Waals surface area contributed by atoms with Gasteiger partial charge in [-0.15, -0.1) is 0 Å².